The second kappa shape index (κ2) is 6.95. The summed E-state index contributed by atoms with van der Waals surface area (Å²) in [5.74, 6) is -0.0910. The predicted molar refractivity (Wildman–Crippen MR) is 84.1 cm³/mol. The summed E-state index contributed by atoms with van der Waals surface area (Å²) in [5.41, 5.74) is 5.22. The number of carbonyl (C=O) groups excluding carboxylic acids is 2. The second-order valence-corrected chi connectivity index (χ2v) is 6.49. The Balaban J connectivity index is 2.10. The van der Waals surface area contributed by atoms with Gasteiger partial charge >= 0.3 is 0 Å². The van der Waals surface area contributed by atoms with Gasteiger partial charge in [-0.3, -0.25) is 9.59 Å². The number of nitrogens with zero attached hydrogens (tertiary/aromatic N) is 2. The summed E-state index contributed by atoms with van der Waals surface area (Å²) in [7, 11) is 0. The number of carbonyl (C=O) groups is 2. The zero-order chi connectivity index (χ0) is 17.0. The summed E-state index contributed by atoms with van der Waals surface area (Å²) >= 11 is 0. The monoisotopic (exact) mass is 321 g/mol. The van der Waals surface area contributed by atoms with Crippen LogP contribution in [0.25, 0.3) is 0 Å². The molecule has 2 heterocycles. The van der Waals surface area contributed by atoms with Crippen molar-refractivity contribution in [3.8, 4) is 5.75 Å². The summed E-state index contributed by atoms with van der Waals surface area (Å²) in [6.07, 6.45) is 1.61. The Hall–Kier alpha value is -2.15. The number of ether oxygens (including phenoxy) is 2. The number of nitrogens with two attached hydrogens (primary N) is 1. The van der Waals surface area contributed by atoms with Gasteiger partial charge < -0.3 is 20.1 Å². The lowest BCUT2D eigenvalue weighted by Crippen LogP contribution is -2.50. The Morgan fingerprint density at radius 3 is 2.74 bits per heavy atom. The molecule has 0 aromatic carbocycles. The van der Waals surface area contributed by atoms with Crippen LogP contribution in [0.1, 0.15) is 37.7 Å². The van der Waals surface area contributed by atoms with E-state index in [2.05, 4.69) is 4.98 Å². The Bertz CT molecular complexity index is 566. The smallest absolute Gasteiger partial charge is 0.272 e. The quantitative estimate of drug-likeness (QED) is 0.892. The molecule has 1 unspecified atom stereocenters. The minimum absolute atomic E-state index is 0.0803. The van der Waals surface area contributed by atoms with Crippen molar-refractivity contribution in [2.45, 2.75) is 38.8 Å². The third kappa shape index (κ3) is 4.92. The van der Waals surface area contributed by atoms with Gasteiger partial charge in [0.2, 0.25) is 5.91 Å². The summed E-state index contributed by atoms with van der Waals surface area (Å²) in [5, 5.41) is 0. The zero-order valence-electron chi connectivity index (χ0n) is 13.7. The van der Waals surface area contributed by atoms with Crippen LogP contribution < -0.4 is 10.5 Å². The lowest BCUT2D eigenvalue weighted by molar-refractivity contribution is -0.120. The van der Waals surface area contributed by atoms with E-state index < -0.39 is 5.91 Å². The van der Waals surface area contributed by atoms with Gasteiger partial charge in [0.15, 0.2) is 0 Å². The second-order valence-electron chi connectivity index (χ2n) is 6.49. The molecule has 2 amide bonds. The van der Waals surface area contributed by atoms with Crippen molar-refractivity contribution >= 4 is 11.8 Å². The van der Waals surface area contributed by atoms with Gasteiger partial charge in [-0.15, -0.1) is 0 Å². The maximum Gasteiger partial charge on any atom is 0.272 e. The van der Waals surface area contributed by atoms with Crippen LogP contribution in [0.15, 0.2) is 18.3 Å². The molecule has 0 aliphatic carbocycles. The van der Waals surface area contributed by atoms with E-state index in [1.165, 1.54) is 6.20 Å². The van der Waals surface area contributed by atoms with Crippen molar-refractivity contribution in [1.82, 2.24) is 9.88 Å². The van der Waals surface area contributed by atoms with Gasteiger partial charge in [0.25, 0.3) is 5.91 Å². The number of rotatable bonds is 4. The Kier molecular flexibility index (Phi) is 5.20. The molecule has 1 fully saturated rings. The molecule has 2 rings (SSSR count). The molecular weight excluding hydrogens is 298 g/mol. The van der Waals surface area contributed by atoms with Crippen molar-refractivity contribution in [2.75, 3.05) is 19.8 Å². The summed E-state index contributed by atoms with van der Waals surface area (Å²) < 4.78 is 11.0. The van der Waals surface area contributed by atoms with Gasteiger partial charge in [-0.1, -0.05) is 0 Å². The topological polar surface area (TPSA) is 94.7 Å². The van der Waals surface area contributed by atoms with Gasteiger partial charge in [0, 0.05) is 13.0 Å². The van der Waals surface area contributed by atoms with E-state index in [1.54, 1.807) is 17.0 Å². The fourth-order valence-corrected chi connectivity index (χ4v) is 2.39. The molecule has 7 heteroatoms. The van der Waals surface area contributed by atoms with Crippen LogP contribution in [0.2, 0.25) is 0 Å². The molecule has 0 saturated carbocycles. The molecule has 126 valence electrons. The van der Waals surface area contributed by atoms with Crippen LogP contribution in [0.3, 0.4) is 0 Å². The van der Waals surface area contributed by atoms with E-state index >= 15 is 0 Å². The van der Waals surface area contributed by atoms with Crippen molar-refractivity contribution < 1.29 is 19.1 Å². The molecule has 0 spiro atoms. The molecule has 1 atom stereocenters. The first kappa shape index (κ1) is 17.2. The van der Waals surface area contributed by atoms with Crippen LogP contribution in [-0.2, 0) is 9.53 Å². The van der Waals surface area contributed by atoms with Gasteiger partial charge in [-0.05, 0) is 32.9 Å². The normalized spacial score (nSPS) is 18.6. The highest BCUT2D eigenvalue weighted by molar-refractivity contribution is 5.93. The Labute approximate surface area is 135 Å². The molecule has 1 aliphatic rings. The van der Waals surface area contributed by atoms with Crippen LogP contribution in [-0.4, -0.2) is 53.1 Å². The molecule has 23 heavy (non-hydrogen) atoms. The first-order valence-electron chi connectivity index (χ1n) is 7.58. The summed E-state index contributed by atoms with van der Waals surface area (Å²) in [6, 6.07) is 3.00. The molecular formula is C16H23N3O4. The van der Waals surface area contributed by atoms with Crippen molar-refractivity contribution in [2.24, 2.45) is 5.73 Å². The molecule has 0 bridgehead atoms. The highest BCUT2D eigenvalue weighted by atomic mass is 16.5. The Morgan fingerprint density at radius 1 is 1.43 bits per heavy atom. The highest BCUT2D eigenvalue weighted by Gasteiger charge is 2.30. The minimum atomic E-state index is -0.458. The van der Waals surface area contributed by atoms with Gasteiger partial charge in [0.1, 0.15) is 17.0 Å². The number of primary amides is 1. The van der Waals surface area contributed by atoms with Crippen molar-refractivity contribution in [3.05, 3.63) is 24.0 Å². The minimum Gasteiger partial charge on any atom is -0.487 e. The zero-order valence-corrected chi connectivity index (χ0v) is 13.7. The average Bonchev–Trinajstić information content (AvgIpc) is 2.45. The summed E-state index contributed by atoms with van der Waals surface area (Å²) in [4.78, 5) is 29.5. The number of amides is 2. The van der Waals surface area contributed by atoms with E-state index in [0.29, 0.717) is 31.2 Å². The third-order valence-corrected chi connectivity index (χ3v) is 3.30. The van der Waals surface area contributed by atoms with Crippen LogP contribution in [0.4, 0.5) is 0 Å². The molecule has 0 radical (unpaired) electrons. The van der Waals surface area contributed by atoms with E-state index in [9.17, 15) is 9.59 Å². The predicted octanol–water partition coefficient (Wildman–Crippen LogP) is 0.975. The average molecular weight is 321 g/mol. The van der Waals surface area contributed by atoms with E-state index in [1.807, 2.05) is 20.8 Å². The fourth-order valence-electron chi connectivity index (χ4n) is 2.39. The van der Waals surface area contributed by atoms with Crippen LogP contribution in [0.5, 0.6) is 5.75 Å². The van der Waals surface area contributed by atoms with E-state index in [0.717, 1.165) is 0 Å². The van der Waals surface area contributed by atoms with Gasteiger partial charge in [-0.2, -0.15) is 0 Å². The van der Waals surface area contributed by atoms with E-state index in [4.69, 9.17) is 15.2 Å². The van der Waals surface area contributed by atoms with Gasteiger partial charge in [-0.25, -0.2) is 4.98 Å². The SMILES string of the molecule is CC(C)(C)Oc1ccc(C(=O)N2CCOCC2CC(N)=O)nc1. The highest BCUT2D eigenvalue weighted by Crippen LogP contribution is 2.19. The van der Waals surface area contributed by atoms with Crippen molar-refractivity contribution in [1.29, 1.82) is 0 Å². The number of hydrogen-bond acceptors (Lipinski definition) is 5. The maximum atomic E-state index is 12.6. The summed E-state index contributed by atoms with van der Waals surface area (Å²) in [6.45, 7) is 6.97. The lowest BCUT2D eigenvalue weighted by atomic mass is 10.1. The molecule has 2 N–H and O–H groups in total. The number of morpholine rings is 1. The van der Waals surface area contributed by atoms with Gasteiger partial charge in [0.05, 0.1) is 25.5 Å². The van der Waals surface area contributed by atoms with Crippen LogP contribution in [0, 0.1) is 0 Å². The standard InChI is InChI=1S/C16H23N3O4/c1-16(2,3)23-12-4-5-13(18-9-12)15(21)19-6-7-22-10-11(19)8-14(17)20/h4-5,9,11H,6-8,10H2,1-3H3,(H2,17,20). The molecule has 1 saturated heterocycles. The molecule has 1 aliphatic heterocycles. The number of hydrogen-bond donors (Lipinski definition) is 1. The molecule has 1 aromatic rings. The molecule has 1 aromatic heterocycles. The first-order valence-corrected chi connectivity index (χ1v) is 7.58. The van der Waals surface area contributed by atoms with Crippen molar-refractivity contribution in [3.63, 3.8) is 0 Å². The number of aromatic nitrogens is 1. The third-order valence-electron chi connectivity index (χ3n) is 3.30. The lowest BCUT2D eigenvalue weighted by Gasteiger charge is -2.34. The maximum absolute atomic E-state index is 12.6. The van der Waals surface area contributed by atoms with E-state index in [-0.39, 0.29) is 24.0 Å². The Morgan fingerprint density at radius 2 is 2.17 bits per heavy atom. The first-order chi connectivity index (χ1) is 10.8. The number of pyridine rings is 1. The largest absolute Gasteiger partial charge is 0.487 e. The fraction of sp³-hybridized carbons (Fsp3) is 0.562. The van der Waals surface area contributed by atoms with Crippen LogP contribution >= 0.6 is 0 Å². The molecule has 7 nitrogen and oxygen atoms in total.